The molecule has 21 heavy (non-hydrogen) atoms. The number of sulfonamides is 1. The number of hydrogen-bond donors (Lipinski definition) is 3. The van der Waals surface area contributed by atoms with Gasteiger partial charge in [-0.25, -0.2) is 17.9 Å². The summed E-state index contributed by atoms with van der Waals surface area (Å²) in [5, 5.41) is 11.3. The van der Waals surface area contributed by atoms with Crippen molar-refractivity contribution in [3.63, 3.8) is 0 Å². The number of rotatable bonds is 7. The maximum absolute atomic E-state index is 12.1. The van der Waals surface area contributed by atoms with Crippen molar-refractivity contribution in [1.29, 1.82) is 0 Å². The van der Waals surface area contributed by atoms with Crippen molar-refractivity contribution in [3.05, 3.63) is 23.8 Å². The van der Waals surface area contributed by atoms with E-state index in [0.29, 0.717) is 0 Å². The van der Waals surface area contributed by atoms with Crippen LogP contribution in [0.1, 0.15) is 17.3 Å². The van der Waals surface area contributed by atoms with Gasteiger partial charge in [-0.05, 0) is 18.2 Å². The van der Waals surface area contributed by atoms with Gasteiger partial charge >= 0.3 is 5.97 Å². The number of nitrogens with one attached hydrogen (secondary N) is 2. The Balaban J connectivity index is 2.97. The van der Waals surface area contributed by atoms with E-state index < -0.39 is 16.0 Å². The molecule has 0 radical (unpaired) electrons. The minimum atomic E-state index is -3.95. The van der Waals surface area contributed by atoms with Gasteiger partial charge in [0.1, 0.15) is 10.6 Å². The third-order valence-corrected chi connectivity index (χ3v) is 3.97. The van der Waals surface area contributed by atoms with Crippen molar-refractivity contribution >= 4 is 21.9 Å². The standard InChI is InChI=1S/C12H16N2O6S/c1-8(15)13-5-6-14-21(18,19)11-7-9(12(16)17)3-4-10(11)20-2/h3-4,7,14H,5-6H2,1-2H3,(H,13,15)(H,16,17). The molecule has 0 heterocycles. The molecule has 0 bridgehead atoms. The molecule has 1 aromatic carbocycles. The van der Waals surface area contributed by atoms with Crippen molar-refractivity contribution in [2.24, 2.45) is 0 Å². The fraction of sp³-hybridized carbons (Fsp3) is 0.333. The molecular formula is C12H16N2O6S. The zero-order chi connectivity index (χ0) is 16.0. The maximum Gasteiger partial charge on any atom is 0.335 e. The van der Waals surface area contributed by atoms with Crippen LogP contribution in [0.5, 0.6) is 5.75 Å². The summed E-state index contributed by atoms with van der Waals surface area (Å²) in [4.78, 5) is 21.3. The van der Waals surface area contributed by atoms with Gasteiger partial charge in [-0.15, -0.1) is 0 Å². The average Bonchev–Trinajstić information content (AvgIpc) is 2.42. The lowest BCUT2D eigenvalue weighted by Crippen LogP contribution is -2.33. The first kappa shape index (κ1) is 16.9. The summed E-state index contributed by atoms with van der Waals surface area (Å²) in [6, 6.07) is 3.53. The first-order valence-electron chi connectivity index (χ1n) is 5.93. The van der Waals surface area contributed by atoms with Gasteiger partial charge in [0.15, 0.2) is 0 Å². The molecule has 0 spiro atoms. The van der Waals surface area contributed by atoms with E-state index in [1.165, 1.54) is 26.2 Å². The normalized spacial score (nSPS) is 11.0. The number of carbonyl (C=O) groups is 2. The molecule has 116 valence electrons. The van der Waals surface area contributed by atoms with E-state index in [0.717, 1.165) is 6.07 Å². The lowest BCUT2D eigenvalue weighted by molar-refractivity contribution is -0.118. The average molecular weight is 316 g/mol. The highest BCUT2D eigenvalue weighted by Crippen LogP contribution is 2.24. The van der Waals surface area contributed by atoms with E-state index in [2.05, 4.69) is 10.0 Å². The topological polar surface area (TPSA) is 122 Å². The molecule has 9 heteroatoms. The molecule has 0 unspecified atom stereocenters. The number of hydrogen-bond acceptors (Lipinski definition) is 5. The molecule has 0 aliphatic rings. The molecule has 0 aliphatic heterocycles. The first-order valence-corrected chi connectivity index (χ1v) is 7.41. The SMILES string of the molecule is COc1ccc(C(=O)O)cc1S(=O)(=O)NCCNC(C)=O. The van der Waals surface area contributed by atoms with Gasteiger partial charge in [-0.3, -0.25) is 4.79 Å². The summed E-state index contributed by atoms with van der Waals surface area (Å²) >= 11 is 0. The molecule has 1 amide bonds. The van der Waals surface area contributed by atoms with Gasteiger partial charge in [-0.2, -0.15) is 0 Å². The highest BCUT2D eigenvalue weighted by molar-refractivity contribution is 7.89. The van der Waals surface area contributed by atoms with Crippen molar-refractivity contribution in [2.75, 3.05) is 20.2 Å². The molecule has 0 saturated carbocycles. The Labute approximate surface area is 122 Å². The Bertz CT molecular complexity index is 641. The number of carboxylic acid groups (broad SMARTS) is 1. The molecule has 0 fully saturated rings. The highest BCUT2D eigenvalue weighted by atomic mass is 32.2. The van der Waals surface area contributed by atoms with Crippen LogP contribution in [0.4, 0.5) is 0 Å². The summed E-state index contributed by atoms with van der Waals surface area (Å²) in [5.74, 6) is -1.49. The van der Waals surface area contributed by atoms with Crippen molar-refractivity contribution in [1.82, 2.24) is 10.0 Å². The fourth-order valence-electron chi connectivity index (χ4n) is 1.52. The van der Waals surface area contributed by atoms with Crippen LogP contribution < -0.4 is 14.8 Å². The number of amides is 1. The molecule has 1 rings (SSSR count). The van der Waals surface area contributed by atoms with E-state index in [1.54, 1.807) is 0 Å². The zero-order valence-electron chi connectivity index (χ0n) is 11.5. The molecular weight excluding hydrogens is 300 g/mol. The Kier molecular flexibility index (Phi) is 5.68. The second-order valence-corrected chi connectivity index (χ2v) is 5.79. The van der Waals surface area contributed by atoms with E-state index in [9.17, 15) is 18.0 Å². The molecule has 0 saturated heterocycles. The van der Waals surface area contributed by atoms with Crippen LogP contribution in [-0.4, -0.2) is 45.6 Å². The molecule has 8 nitrogen and oxygen atoms in total. The number of benzene rings is 1. The van der Waals surface area contributed by atoms with E-state index in [1.807, 2.05) is 0 Å². The largest absolute Gasteiger partial charge is 0.495 e. The fourth-order valence-corrected chi connectivity index (χ4v) is 2.75. The van der Waals surface area contributed by atoms with Gasteiger partial charge < -0.3 is 15.2 Å². The van der Waals surface area contributed by atoms with E-state index >= 15 is 0 Å². The molecule has 0 aliphatic carbocycles. The third-order valence-electron chi connectivity index (χ3n) is 2.49. The summed E-state index contributed by atoms with van der Waals surface area (Å²) in [5.41, 5.74) is -0.168. The summed E-state index contributed by atoms with van der Waals surface area (Å²) in [6.45, 7) is 1.41. The summed E-state index contributed by atoms with van der Waals surface area (Å²) in [6.07, 6.45) is 0. The van der Waals surface area contributed by atoms with Crippen molar-refractivity contribution in [3.8, 4) is 5.75 Å². The van der Waals surface area contributed by atoms with Gasteiger partial charge in [0.2, 0.25) is 15.9 Å². The lowest BCUT2D eigenvalue weighted by atomic mass is 10.2. The minimum absolute atomic E-state index is 0.0254. The highest BCUT2D eigenvalue weighted by Gasteiger charge is 2.21. The van der Waals surface area contributed by atoms with E-state index in [4.69, 9.17) is 9.84 Å². The first-order chi connectivity index (χ1) is 9.77. The maximum atomic E-state index is 12.1. The van der Waals surface area contributed by atoms with Crippen LogP contribution in [0.3, 0.4) is 0 Å². The Morgan fingerprint density at radius 2 is 1.95 bits per heavy atom. The van der Waals surface area contributed by atoms with Gasteiger partial charge in [0.25, 0.3) is 0 Å². The Morgan fingerprint density at radius 1 is 1.29 bits per heavy atom. The van der Waals surface area contributed by atoms with Gasteiger partial charge in [0, 0.05) is 20.0 Å². The summed E-state index contributed by atoms with van der Waals surface area (Å²) in [7, 11) is -2.66. The predicted octanol–water partition coefficient (Wildman–Crippen LogP) is -0.192. The van der Waals surface area contributed by atoms with Crippen LogP contribution >= 0.6 is 0 Å². The number of carbonyl (C=O) groups excluding carboxylic acids is 1. The monoisotopic (exact) mass is 316 g/mol. The van der Waals surface area contributed by atoms with Crippen molar-refractivity contribution < 1.29 is 27.9 Å². The summed E-state index contributed by atoms with van der Waals surface area (Å²) < 4.78 is 31.5. The third kappa shape index (κ3) is 4.72. The number of ether oxygens (including phenoxy) is 1. The van der Waals surface area contributed by atoms with Crippen LogP contribution in [0, 0.1) is 0 Å². The molecule has 0 aromatic heterocycles. The Hall–Kier alpha value is -2.13. The van der Waals surface area contributed by atoms with Crippen LogP contribution in [0.2, 0.25) is 0 Å². The predicted molar refractivity (Wildman–Crippen MR) is 73.8 cm³/mol. The smallest absolute Gasteiger partial charge is 0.335 e. The second-order valence-electron chi connectivity index (χ2n) is 4.05. The quantitative estimate of drug-likeness (QED) is 0.599. The second kappa shape index (κ2) is 7.04. The Morgan fingerprint density at radius 3 is 2.48 bits per heavy atom. The van der Waals surface area contributed by atoms with E-state index in [-0.39, 0.29) is 35.2 Å². The lowest BCUT2D eigenvalue weighted by Gasteiger charge is -2.11. The van der Waals surface area contributed by atoms with Crippen molar-refractivity contribution in [2.45, 2.75) is 11.8 Å². The number of carboxylic acids is 1. The molecule has 1 aromatic rings. The van der Waals surface area contributed by atoms with Crippen LogP contribution in [0.25, 0.3) is 0 Å². The van der Waals surface area contributed by atoms with Gasteiger partial charge in [-0.1, -0.05) is 0 Å². The molecule has 3 N–H and O–H groups in total. The molecule has 0 atom stereocenters. The van der Waals surface area contributed by atoms with Crippen LogP contribution in [0.15, 0.2) is 23.1 Å². The zero-order valence-corrected chi connectivity index (χ0v) is 12.4. The number of methoxy groups -OCH3 is 1. The van der Waals surface area contributed by atoms with Crippen LogP contribution in [-0.2, 0) is 14.8 Å². The minimum Gasteiger partial charge on any atom is -0.495 e. The van der Waals surface area contributed by atoms with Gasteiger partial charge in [0.05, 0.1) is 12.7 Å². The number of aromatic carboxylic acids is 1.